The zero-order valence-electron chi connectivity index (χ0n) is 10.4. The van der Waals surface area contributed by atoms with Crippen LogP contribution in [-0.2, 0) is 4.79 Å². The second-order valence-corrected chi connectivity index (χ2v) is 6.28. The van der Waals surface area contributed by atoms with Gasteiger partial charge in [0.25, 0.3) is 0 Å². The molecular weight excluding hydrogens is 264 g/mol. The van der Waals surface area contributed by atoms with Crippen LogP contribution in [0.3, 0.4) is 0 Å². The molecule has 1 heterocycles. The van der Waals surface area contributed by atoms with Gasteiger partial charge in [-0.15, -0.1) is 11.3 Å². The van der Waals surface area contributed by atoms with Crippen LogP contribution in [0.5, 0.6) is 0 Å². The van der Waals surface area contributed by atoms with Gasteiger partial charge in [0.05, 0.1) is 16.4 Å². The van der Waals surface area contributed by atoms with Gasteiger partial charge in [-0.3, -0.25) is 4.79 Å². The van der Waals surface area contributed by atoms with E-state index in [1.54, 1.807) is 11.3 Å². The van der Waals surface area contributed by atoms with Crippen molar-refractivity contribution in [3.8, 4) is 0 Å². The van der Waals surface area contributed by atoms with E-state index in [1.807, 2.05) is 24.4 Å². The third-order valence-corrected chi connectivity index (χ3v) is 5.13. The van der Waals surface area contributed by atoms with E-state index in [4.69, 9.17) is 18.0 Å². The van der Waals surface area contributed by atoms with Gasteiger partial charge in [-0.2, -0.15) is 0 Å². The lowest BCUT2D eigenvalue weighted by Crippen LogP contribution is -2.47. The predicted molar refractivity (Wildman–Crippen MR) is 78.6 cm³/mol. The van der Waals surface area contributed by atoms with E-state index in [1.165, 1.54) is 0 Å². The Morgan fingerprint density at radius 1 is 1.56 bits per heavy atom. The molecule has 1 aliphatic carbocycles. The van der Waals surface area contributed by atoms with Gasteiger partial charge in [0.2, 0.25) is 5.91 Å². The molecule has 1 aliphatic rings. The Kier molecular flexibility index (Phi) is 4.02. The Balaban J connectivity index is 2.09. The van der Waals surface area contributed by atoms with Gasteiger partial charge in [-0.25, -0.2) is 0 Å². The van der Waals surface area contributed by atoms with Crippen LogP contribution in [0.2, 0.25) is 0 Å². The van der Waals surface area contributed by atoms with Crippen molar-refractivity contribution in [3.63, 3.8) is 0 Å². The Morgan fingerprint density at radius 3 is 2.72 bits per heavy atom. The van der Waals surface area contributed by atoms with Crippen LogP contribution in [0, 0.1) is 5.41 Å². The average Bonchev–Trinajstić information content (AvgIpc) is 3.01. The van der Waals surface area contributed by atoms with Crippen LogP contribution in [0.15, 0.2) is 17.5 Å². The summed E-state index contributed by atoms with van der Waals surface area (Å²) in [6, 6.07) is 4.03. The molecule has 1 unspecified atom stereocenters. The number of hydrogen-bond acceptors (Lipinski definition) is 3. The van der Waals surface area contributed by atoms with Gasteiger partial charge in [0, 0.05) is 4.88 Å². The summed E-state index contributed by atoms with van der Waals surface area (Å²) in [6.07, 6.45) is 3.62. The van der Waals surface area contributed by atoms with E-state index in [0.717, 1.165) is 30.6 Å². The quantitative estimate of drug-likeness (QED) is 0.835. The molecule has 0 spiro atoms. The molecule has 5 heteroatoms. The molecule has 1 fully saturated rings. The SMILES string of the molecule is CC(NC(=O)C1(C(N)=S)CCCC1)c1cccs1. The second kappa shape index (κ2) is 5.36. The Bertz CT molecular complexity index is 436. The molecule has 1 aromatic heterocycles. The van der Waals surface area contributed by atoms with Crippen molar-refractivity contribution in [2.45, 2.75) is 38.6 Å². The molecule has 1 saturated carbocycles. The van der Waals surface area contributed by atoms with Crippen molar-refractivity contribution in [2.24, 2.45) is 11.1 Å². The van der Waals surface area contributed by atoms with Gasteiger partial charge < -0.3 is 11.1 Å². The molecule has 0 radical (unpaired) electrons. The maximum Gasteiger partial charge on any atom is 0.233 e. The van der Waals surface area contributed by atoms with E-state index in [9.17, 15) is 4.79 Å². The standard InChI is InChI=1S/C13H18N2OS2/c1-9(10-5-4-8-18-10)15-12(16)13(11(14)17)6-2-3-7-13/h4-5,8-9H,2-3,6-7H2,1H3,(H2,14,17)(H,15,16). The first-order valence-corrected chi connectivity index (χ1v) is 7.49. The highest BCUT2D eigenvalue weighted by Gasteiger charge is 2.44. The maximum absolute atomic E-state index is 12.4. The number of rotatable bonds is 4. The molecule has 1 aromatic rings. The molecule has 0 aromatic carbocycles. The van der Waals surface area contributed by atoms with Gasteiger partial charge in [0.15, 0.2) is 0 Å². The summed E-state index contributed by atoms with van der Waals surface area (Å²) in [6.45, 7) is 1.99. The molecule has 98 valence electrons. The summed E-state index contributed by atoms with van der Waals surface area (Å²) in [7, 11) is 0. The summed E-state index contributed by atoms with van der Waals surface area (Å²) >= 11 is 6.76. The van der Waals surface area contributed by atoms with E-state index in [0.29, 0.717) is 4.99 Å². The van der Waals surface area contributed by atoms with Gasteiger partial charge >= 0.3 is 0 Å². The minimum atomic E-state index is -0.610. The van der Waals surface area contributed by atoms with Crippen molar-refractivity contribution in [3.05, 3.63) is 22.4 Å². The highest BCUT2D eigenvalue weighted by atomic mass is 32.1. The lowest BCUT2D eigenvalue weighted by molar-refractivity contribution is -0.127. The van der Waals surface area contributed by atoms with Crippen LogP contribution < -0.4 is 11.1 Å². The molecule has 1 amide bonds. The molecule has 18 heavy (non-hydrogen) atoms. The van der Waals surface area contributed by atoms with Crippen molar-refractivity contribution in [1.29, 1.82) is 0 Å². The average molecular weight is 282 g/mol. The molecule has 0 bridgehead atoms. The first-order chi connectivity index (χ1) is 8.56. The number of carbonyl (C=O) groups is 1. The molecule has 3 N–H and O–H groups in total. The Labute approximate surface area is 117 Å². The van der Waals surface area contributed by atoms with Crippen LogP contribution in [-0.4, -0.2) is 10.9 Å². The molecular formula is C13H18N2OS2. The molecule has 1 atom stereocenters. The smallest absolute Gasteiger partial charge is 0.233 e. The van der Waals surface area contributed by atoms with Gasteiger partial charge in [0.1, 0.15) is 0 Å². The number of thiophene rings is 1. The number of carbonyl (C=O) groups excluding carboxylic acids is 1. The van der Waals surface area contributed by atoms with Crippen molar-refractivity contribution >= 4 is 34.5 Å². The Morgan fingerprint density at radius 2 is 2.22 bits per heavy atom. The van der Waals surface area contributed by atoms with E-state index >= 15 is 0 Å². The summed E-state index contributed by atoms with van der Waals surface area (Å²) in [4.78, 5) is 13.9. The lowest BCUT2D eigenvalue weighted by atomic mass is 9.85. The zero-order chi connectivity index (χ0) is 13.2. The van der Waals surface area contributed by atoms with Crippen LogP contribution >= 0.6 is 23.6 Å². The van der Waals surface area contributed by atoms with Crippen LogP contribution in [0.1, 0.15) is 43.5 Å². The lowest BCUT2D eigenvalue weighted by Gasteiger charge is -2.28. The highest BCUT2D eigenvalue weighted by molar-refractivity contribution is 7.80. The molecule has 2 rings (SSSR count). The third kappa shape index (κ3) is 2.42. The molecule has 0 saturated heterocycles. The van der Waals surface area contributed by atoms with E-state index in [2.05, 4.69) is 5.32 Å². The summed E-state index contributed by atoms with van der Waals surface area (Å²) in [5, 5.41) is 5.06. The zero-order valence-corrected chi connectivity index (χ0v) is 12.1. The number of nitrogens with one attached hydrogen (secondary N) is 1. The number of nitrogens with two attached hydrogens (primary N) is 1. The Hall–Kier alpha value is -0.940. The normalized spacial score (nSPS) is 19.4. The summed E-state index contributed by atoms with van der Waals surface area (Å²) in [5.74, 6) is -0.00611. The summed E-state index contributed by atoms with van der Waals surface area (Å²) < 4.78 is 0. The highest BCUT2D eigenvalue weighted by Crippen LogP contribution is 2.39. The topological polar surface area (TPSA) is 55.1 Å². The minimum absolute atomic E-state index is 0.00611. The van der Waals surface area contributed by atoms with E-state index in [-0.39, 0.29) is 11.9 Å². The maximum atomic E-state index is 12.4. The number of thiocarbonyl (C=S) groups is 1. The van der Waals surface area contributed by atoms with Gasteiger partial charge in [-0.05, 0) is 31.2 Å². The predicted octanol–water partition coefficient (Wildman–Crippen LogP) is 2.77. The van der Waals surface area contributed by atoms with Crippen LogP contribution in [0.4, 0.5) is 0 Å². The molecule has 3 nitrogen and oxygen atoms in total. The first kappa shape index (κ1) is 13.5. The summed E-state index contributed by atoms with van der Waals surface area (Å²) in [5.41, 5.74) is 5.19. The fraction of sp³-hybridized carbons (Fsp3) is 0.538. The minimum Gasteiger partial charge on any atom is -0.392 e. The number of amides is 1. The van der Waals surface area contributed by atoms with Crippen molar-refractivity contribution in [1.82, 2.24) is 5.32 Å². The second-order valence-electron chi connectivity index (χ2n) is 4.86. The number of hydrogen-bond donors (Lipinski definition) is 2. The first-order valence-electron chi connectivity index (χ1n) is 6.20. The largest absolute Gasteiger partial charge is 0.392 e. The fourth-order valence-electron chi connectivity index (χ4n) is 2.51. The van der Waals surface area contributed by atoms with E-state index < -0.39 is 5.41 Å². The molecule has 0 aliphatic heterocycles. The van der Waals surface area contributed by atoms with Crippen LogP contribution in [0.25, 0.3) is 0 Å². The van der Waals surface area contributed by atoms with Gasteiger partial charge in [-0.1, -0.05) is 31.1 Å². The van der Waals surface area contributed by atoms with Crippen molar-refractivity contribution in [2.75, 3.05) is 0 Å². The third-order valence-electron chi connectivity index (χ3n) is 3.68. The van der Waals surface area contributed by atoms with Crippen molar-refractivity contribution < 1.29 is 4.79 Å². The fourth-order valence-corrected chi connectivity index (χ4v) is 3.54. The monoisotopic (exact) mass is 282 g/mol.